The predicted octanol–water partition coefficient (Wildman–Crippen LogP) is 3.77. The van der Waals surface area contributed by atoms with Crippen molar-refractivity contribution < 1.29 is 4.74 Å². The van der Waals surface area contributed by atoms with Crippen molar-refractivity contribution in [1.82, 2.24) is 14.8 Å². The summed E-state index contributed by atoms with van der Waals surface area (Å²) in [5.74, 6) is 0.987. The second-order valence-corrected chi connectivity index (χ2v) is 7.80. The van der Waals surface area contributed by atoms with E-state index in [-0.39, 0.29) is 5.41 Å². The van der Waals surface area contributed by atoms with Crippen LogP contribution in [0.4, 0.5) is 0 Å². The number of hydrogen-bond acceptors (Lipinski definition) is 4. The highest BCUT2D eigenvalue weighted by Crippen LogP contribution is 2.44. The molecule has 1 aliphatic rings. The summed E-state index contributed by atoms with van der Waals surface area (Å²) in [6.45, 7) is 4.38. The normalized spacial score (nSPS) is 15.8. The minimum atomic E-state index is -0.164. The van der Waals surface area contributed by atoms with Gasteiger partial charge in [0.15, 0.2) is 0 Å². The third-order valence-corrected chi connectivity index (χ3v) is 5.45. The van der Waals surface area contributed by atoms with Crippen LogP contribution < -0.4 is 4.74 Å². The Bertz CT molecular complexity index is 601. The maximum Gasteiger partial charge on any atom is 0.316 e. The van der Waals surface area contributed by atoms with Gasteiger partial charge in [-0.1, -0.05) is 5.10 Å². The molecule has 0 radical (unpaired) electrons. The molecule has 6 heteroatoms. The fourth-order valence-corrected chi connectivity index (χ4v) is 3.75. The number of hydrogen-bond donors (Lipinski definition) is 0. The van der Waals surface area contributed by atoms with Crippen LogP contribution in [-0.2, 0) is 5.41 Å². The van der Waals surface area contributed by atoms with Gasteiger partial charge in [-0.3, -0.25) is 4.57 Å². The summed E-state index contributed by atoms with van der Waals surface area (Å²) in [5, 5.41) is 8.56. The molecule has 3 rings (SSSR count). The quantitative estimate of drug-likeness (QED) is 0.849. The molecule has 0 atom stereocenters. The van der Waals surface area contributed by atoms with Crippen LogP contribution in [0.5, 0.6) is 6.01 Å². The molecule has 2 heterocycles. The van der Waals surface area contributed by atoms with Gasteiger partial charge in [-0.25, -0.2) is 0 Å². The molecule has 0 bridgehead atoms. The van der Waals surface area contributed by atoms with Crippen LogP contribution in [0.1, 0.15) is 43.4 Å². The first-order chi connectivity index (χ1) is 9.04. The Hall–Kier alpha value is -0.880. The second kappa shape index (κ2) is 4.59. The molecule has 0 amide bonds. The molecule has 102 valence electrons. The van der Waals surface area contributed by atoms with Crippen LogP contribution >= 0.6 is 27.3 Å². The van der Waals surface area contributed by atoms with Gasteiger partial charge >= 0.3 is 6.01 Å². The monoisotopic (exact) mass is 341 g/mol. The number of halogens is 1. The lowest BCUT2D eigenvalue weighted by molar-refractivity contribution is 0.351. The molecule has 1 fully saturated rings. The van der Waals surface area contributed by atoms with E-state index in [9.17, 15) is 0 Å². The van der Waals surface area contributed by atoms with E-state index < -0.39 is 0 Å². The highest BCUT2D eigenvalue weighted by Gasteiger charge is 2.37. The van der Waals surface area contributed by atoms with Crippen molar-refractivity contribution in [3.63, 3.8) is 0 Å². The molecule has 0 spiro atoms. The molecular weight excluding hydrogens is 326 g/mol. The fourth-order valence-electron chi connectivity index (χ4n) is 2.26. The van der Waals surface area contributed by atoms with Crippen LogP contribution in [0.2, 0.25) is 0 Å². The number of thiophene rings is 1. The van der Waals surface area contributed by atoms with Crippen molar-refractivity contribution in [2.45, 2.75) is 38.1 Å². The van der Waals surface area contributed by atoms with Gasteiger partial charge in [0, 0.05) is 10.9 Å². The van der Waals surface area contributed by atoms with Gasteiger partial charge in [0.2, 0.25) is 0 Å². The first-order valence-electron chi connectivity index (χ1n) is 6.29. The second-order valence-electron chi connectivity index (χ2n) is 5.34. The van der Waals surface area contributed by atoms with E-state index in [1.807, 2.05) is 0 Å². The van der Waals surface area contributed by atoms with E-state index in [2.05, 4.69) is 56.7 Å². The summed E-state index contributed by atoms with van der Waals surface area (Å²) in [6.07, 6.45) is 2.37. The largest absolute Gasteiger partial charge is 0.467 e. The third-order valence-electron chi connectivity index (χ3n) is 3.51. The van der Waals surface area contributed by atoms with E-state index in [0.29, 0.717) is 12.1 Å². The molecule has 4 nitrogen and oxygen atoms in total. The summed E-state index contributed by atoms with van der Waals surface area (Å²) < 4.78 is 8.65. The van der Waals surface area contributed by atoms with Gasteiger partial charge in [-0.05, 0) is 54.8 Å². The summed E-state index contributed by atoms with van der Waals surface area (Å²) in [5.41, 5.74) is -0.164. The Morgan fingerprint density at radius 2 is 2.11 bits per heavy atom. The SMILES string of the molecule is COc1nnc(C(C)(C)c2ccc(Br)s2)n1C1CC1. The van der Waals surface area contributed by atoms with Gasteiger partial charge in [0.25, 0.3) is 0 Å². The van der Waals surface area contributed by atoms with Crippen molar-refractivity contribution in [1.29, 1.82) is 0 Å². The topological polar surface area (TPSA) is 39.9 Å². The predicted molar refractivity (Wildman–Crippen MR) is 79.0 cm³/mol. The average molecular weight is 342 g/mol. The van der Waals surface area contributed by atoms with Crippen molar-refractivity contribution in [2.24, 2.45) is 0 Å². The lowest BCUT2D eigenvalue weighted by Gasteiger charge is -2.23. The number of nitrogens with zero attached hydrogens (tertiary/aromatic N) is 3. The van der Waals surface area contributed by atoms with Gasteiger partial charge < -0.3 is 4.74 Å². The molecule has 0 saturated heterocycles. The van der Waals surface area contributed by atoms with Crippen LogP contribution in [0, 0.1) is 0 Å². The summed E-state index contributed by atoms with van der Waals surface area (Å²) in [7, 11) is 1.65. The number of rotatable bonds is 4. The first-order valence-corrected chi connectivity index (χ1v) is 7.90. The zero-order chi connectivity index (χ0) is 13.6. The molecule has 0 aliphatic heterocycles. The molecular formula is C13H16BrN3OS. The van der Waals surface area contributed by atoms with Crippen LogP contribution in [-0.4, -0.2) is 21.9 Å². The Morgan fingerprint density at radius 3 is 2.63 bits per heavy atom. The maximum atomic E-state index is 5.35. The molecule has 1 saturated carbocycles. The summed E-state index contributed by atoms with van der Waals surface area (Å²) in [6, 6.07) is 5.35. The van der Waals surface area contributed by atoms with Crippen molar-refractivity contribution >= 4 is 27.3 Å². The Kier molecular flexibility index (Phi) is 3.17. The zero-order valence-electron chi connectivity index (χ0n) is 11.2. The van der Waals surface area contributed by atoms with Crippen LogP contribution in [0.25, 0.3) is 0 Å². The van der Waals surface area contributed by atoms with E-state index in [0.717, 1.165) is 9.61 Å². The molecule has 2 aromatic heterocycles. The highest BCUT2D eigenvalue weighted by atomic mass is 79.9. The zero-order valence-corrected chi connectivity index (χ0v) is 13.6. The van der Waals surface area contributed by atoms with E-state index >= 15 is 0 Å². The maximum absolute atomic E-state index is 5.35. The van der Waals surface area contributed by atoms with Gasteiger partial charge in [0.05, 0.1) is 16.3 Å². The van der Waals surface area contributed by atoms with E-state index in [1.54, 1.807) is 18.4 Å². The van der Waals surface area contributed by atoms with E-state index in [1.165, 1.54) is 17.7 Å². The molecule has 0 unspecified atom stereocenters. The molecule has 0 aromatic carbocycles. The van der Waals surface area contributed by atoms with Gasteiger partial charge in [0.1, 0.15) is 5.82 Å². The highest BCUT2D eigenvalue weighted by molar-refractivity contribution is 9.11. The lowest BCUT2D eigenvalue weighted by atomic mass is 9.90. The fraction of sp³-hybridized carbons (Fsp3) is 0.538. The number of ether oxygens (including phenoxy) is 1. The van der Waals surface area contributed by atoms with Crippen molar-refractivity contribution in [3.05, 3.63) is 26.6 Å². The Labute approximate surface area is 124 Å². The standard InChI is InChI=1S/C13H16BrN3OS/c1-13(2,9-6-7-10(14)19-9)11-15-16-12(18-3)17(11)8-4-5-8/h6-8H,4-5H2,1-3H3. The Balaban J connectivity index is 2.08. The van der Waals surface area contributed by atoms with Crippen LogP contribution in [0.15, 0.2) is 15.9 Å². The van der Waals surface area contributed by atoms with Crippen molar-refractivity contribution in [3.8, 4) is 6.01 Å². The van der Waals surface area contributed by atoms with Crippen molar-refractivity contribution in [2.75, 3.05) is 7.11 Å². The third kappa shape index (κ3) is 2.21. The van der Waals surface area contributed by atoms with Crippen LogP contribution in [0.3, 0.4) is 0 Å². The molecule has 19 heavy (non-hydrogen) atoms. The minimum Gasteiger partial charge on any atom is -0.467 e. The molecule has 2 aromatic rings. The van der Waals surface area contributed by atoms with Gasteiger partial charge in [-0.15, -0.1) is 16.4 Å². The minimum absolute atomic E-state index is 0.164. The lowest BCUT2D eigenvalue weighted by Crippen LogP contribution is -2.23. The average Bonchev–Trinajstić information content (AvgIpc) is 2.95. The summed E-state index contributed by atoms with van der Waals surface area (Å²) >= 11 is 5.27. The first kappa shape index (κ1) is 13.1. The van der Waals surface area contributed by atoms with Gasteiger partial charge in [-0.2, -0.15) is 0 Å². The molecule has 0 N–H and O–H groups in total. The number of aromatic nitrogens is 3. The Morgan fingerprint density at radius 1 is 1.37 bits per heavy atom. The number of methoxy groups -OCH3 is 1. The smallest absolute Gasteiger partial charge is 0.316 e. The summed E-state index contributed by atoms with van der Waals surface area (Å²) in [4.78, 5) is 1.27. The molecule has 1 aliphatic carbocycles. The van der Waals surface area contributed by atoms with E-state index in [4.69, 9.17) is 4.74 Å².